The van der Waals surface area contributed by atoms with Crippen molar-refractivity contribution in [2.45, 2.75) is 37.6 Å². The number of furan rings is 1. The number of rotatable bonds is 9. The van der Waals surface area contributed by atoms with Gasteiger partial charge in [-0.25, -0.2) is 13.4 Å². The second-order valence-electron chi connectivity index (χ2n) is 6.98. The maximum Gasteiger partial charge on any atom is 0.250 e. The maximum absolute atomic E-state index is 12.8. The molecule has 12 heteroatoms. The fraction of sp³-hybridized carbons (Fsp3) is 0.316. The Morgan fingerprint density at radius 2 is 1.97 bits per heavy atom. The van der Waals surface area contributed by atoms with E-state index >= 15 is 0 Å². The van der Waals surface area contributed by atoms with Gasteiger partial charge in [-0.2, -0.15) is 4.72 Å². The van der Waals surface area contributed by atoms with Gasteiger partial charge in [0.15, 0.2) is 10.9 Å². The molecule has 3 heterocycles. The van der Waals surface area contributed by atoms with E-state index in [4.69, 9.17) is 4.42 Å². The first-order valence-corrected chi connectivity index (χ1v) is 12.6. The van der Waals surface area contributed by atoms with Gasteiger partial charge in [0.05, 0.1) is 6.54 Å². The average Bonchev–Trinajstić information content (AvgIpc) is 3.45. The lowest BCUT2D eigenvalue weighted by Gasteiger charge is -2.20. The highest BCUT2D eigenvalue weighted by Crippen LogP contribution is 2.27. The third-order valence-electron chi connectivity index (χ3n) is 4.15. The molecule has 0 aliphatic carbocycles. The maximum atomic E-state index is 12.8. The molecule has 1 atom stereocenters. The van der Waals surface area contributed by atoms with Gasteiger partial charge in [-0.1, -0.05) is 19.9 Å². The first-order valence-electron chi connectivity index (χ1n) is 9.31. The number of anilines is 1. The van der Waals surface area contributed by atoms with Gasteiger partial charge in [-0.15, -0.1) is 22.7 Å². The van der Waals surface area contributed by atoms with E-state index < -0.39 is 22.0 Å². The largest absolute Gasteiger partial charge is 0.458 e. The summed E-state index contributed by atoms with van der Waals surface area (Å²) in [5, 5.41) is 9.02. The monoisotopic (exact) mass is 482 g/mol. The summed E-state index contributed by atoms with van der Waals surface area (Å²) >= 11 is 2.28. The SMILES string of the molecule is CC(=O)NCc1ccc(-c2csc(NC(=O)C(NS(=O)(=O)c3cccs3)C(C)C)n2)o1. The standard InChI is InChI=1S/C19H22N4O5S3/c1-11(2)17(23-31(26,27)16-5-4-8-29-16)18(25)22-19-21-14(10-30-19)15-7-6-13(28-15)9-20-12(3)24/h4-8,10-11,17,23H,9H2,1-3H3,(H,20,24)(H,21,22,25). The minimum absolute atomic E-state index is 0.148. The Bertz CT molecular complexity index is 1150. The molecule has 3 aromatic heterocycles. The Balaban J connectivity index is 1.68. The highest BCUT2D eigenvalue weighted by Gasteiger charge is 2.29. The number of nitrogens with one attached hydrogen (secondary N) is 3. The summed E-state index contributed by atoms with van der Waals surface area (Å²) in [4.78, 5) is 28.1. The van der Waals surface area contributed by atoms with Crippen LogP contribution in [0.4, 0.5) is 5.13 Å². The van der Waals surface area contributed by atoms with Gasteiger partial charge in [0, 0.05) is 12.3 Å². The van der Waals surface area contributed by atoms with Crippen molar-refractivity contribution in [1.82, 2.24) is 15.0 Å². The van der Waals surface area contributed by atoms with Gasteiger partial charge in [0.25, 0.3) is 10.0 Å². The van der Waals surface area contributed by atoms with Gasteiger partial charge in [-0.3, -0.25) is 9.59 Å². The van der Waals surface area contributed by atoms with Crippen LogP contribution in [0.3, 0.4) is 0 Å². The van der Waals surface area contributed by atoms with Crippen LogP contribution in [0.5, 0.6) is 0 Å². The van der Waals surface area contributed by atoms with E-state index in [9.17, 15) is 18.0 Å². The Labute approximate surface area is 187 Å². The van der Waals surface area contributed by atoms with Gasteiger partial charge >= 0.3 is 0 Å². The third-order valence-corrected chi connectivity index (χ3v) is 7.75. The minimum Gasteiger partial charge on any atom is -0.458 e. The fourth-order valence-corrected chi connectivity index (χ4v) is 5.64. The fourth-order valence-electron chi connectivity index (χ4n) is 2.58. The van der Waals surface area contributed by atoms with Crippen LogP contribution in [0.25, 0.3) is 11.5 Å². The van der Waals surface area contributed by atoms with Crippen LogP contribution >= 0.6 is 22.7 Å². The van der Waals surface area contributed by atoms with E-state index in [0.29, 0.717) is 22.3 Å². The first kappa shape index (κ1) is 23.1. The number of thiazole rings is 1. The molecule has 2 amide bonds. The van der Waals surface area contributed by atoms with Crippen LogP contribution in [0, 0.1) is 5.92 Å². The zero-order valence-electron chi connectivity index (χ0n) is 17.0. The number of thiophene rings is 1. The normalized spacial score (nSPS) is 12.6. The van der Waals surface area contributed by atoms with Gasteiger partial charge in [0.2, 0.25) is 11.8 Å². The number of carbonyl (C=O) groups is 2. The van der Waals surface area contributed by atoms with Crippen LogP contribution in [0.2, 0.25) is 0 Å². The van der Waals surface area contributed by atoms with Crippen molar-refractivity contribution in [2.24, 2.45) is 5.92 Å². The molecule has 166 valence electrons. The summed E-state index contributed by atoms with van der Waals surface area (Å²) in [5.41, 5.74) is 0.523. The van der Waals surface area contributed by atoms with Gasteiger partial charge < -0.3 is 15.1 Å². The molecule has 0 radical (unpaired) electrons. The molecule has 0 aromatic carbocycles. The summed E-state index contributed by atoms with van der Waals surface area (Å²) in [5.74, 6) is 0.131. The lowest BCUT2D eigenvalue weighted by atomic mass is 10.1. The van der Waals surface area contributed by atoms with Crippen LogP contribution in [-0.4, -0.2) is 31.3 Å². The second-order valence-corrected chi connectivity index (χ2v) is 10.7. The smallest absolute Gasteiger partial charge is 0.250 e. The predicted molar refractivity (Wildman–Crippen MR) is 119 cm³/mol. The van der Waals surface area contributed by atoms with Crippen molar-refractivity contribution in [1.29, 1.82) is 0 Å². The quantitative estimate of drug-likeness (QED) is 0.430. The molecule has 3 N–H and O–H groups in total. The molecule has 31 heavy (non-hydrogen) atoms. The highest BCUT2D eigenvalue weighted by atomic mass is 32.2. The van der Waals surface area contributed by atoms with Crippen LogP contribution in [0.15, 0.2) is 43.7 Å². The minimum atomic E-state index is -3.80. The summed E-state index contributed by atoms with van der Waals surface area (Å²) < 4.78 is 33.3. The van der Waals surface area contributed by atoms with Gasteiger partial charge in [0.1, 0.15) is 21.7 Å². The molecule has 0 aliphatic rings. The molecule has 1 unspecified atom stereocenters. The highest BCUT2D eigenvalue weighted by molar-refractivity contribution is 7.91. The van der Waals surface area contributed by atoms with E-state index in [2.05, 4.69) is 20.3 Å². The average molecular weight is 483 g/mol. The van der Waals surface area contributed by atoms with E-state index in [1.807, 2.05) is 0 Å². The molecule has 0 saturated heterocycles. The number of hydrogen-bond acceptors (Lipinski definition) is 8. The van der Waals surface area contributed by atoms with Crippen molar-refractivity contribution in [3.8, 4) is 11.5 Å². The van der Waals surface area contributed by atoms with Crippen molar-refractivity contribution >= 4 is 49.6 Å². The lowest BCUT2D eigenvalue weighted by Crippen LogP contribution is -2.46. The number of aromatic nitrogens is 1. The number of nitrogens with zero attached hydrogens (tertiary/aromatic N) is 1. The van der Waals surface area contributed by atoms with Crippen LogP contribution in [-0.2, 0) is 26.2 Å². The Morgan fingerprint density at radius 3 is 2.61 bits per heavy atom. The van der Waals surface area contributed by atoms with Crippen molar-refractivity contribution in [3.63, 3.8) is 0 Å². The van der Waals surface area contributed by atoms with Crippen molar-refractivity contribution in [2.75, 3.05) is 5.32 Å². The molecule has 0 aliphatic heterocycles. The topological polar surface area (TPSA) is 130 Å². The van der Waals surface area contributed by atoms with E-state index in [-0.39, 0.29) is 22.6 Å². The number of hydrogen-bond donors (Lipinski definition) is 3. The summed E-state index contributed by atoms with van der Waals surface area (Å²) in [6, 6.07) is 5.61. The predicted octanol–water partition coefficient (Wildman–Crippen LogP) is 3.04. The van der Waals surface area contributed by atoms with E-state index in [1.54, 1.807) is 42.8 Å². The third kappa shape index (κ3) is 6.00. The lowest BCUT2D eigenvalue weighted by molar-refractivity contribution is -0.119. The zero-order chi connectivity index (χ0) is 22.6. The van der Waals surface area contributed by atoms with Crippen molar-refractivity contribution < 1.29 is 22.4 Å². The number of sulfonamides is 1. The molecule has 0 bridgehead atoms. The first-order chi connectivity index (χ1) is 14.7. The van der Waals surface area contributed by atoms with E-state index in [1.165, 1.54) is 24.3 Å². The molecule has 0 fully saturated rings. The molecule has 3 aromatic rings. The molecular formula is C19H22N4O5S3. The molecule has 3 rings (SSSR count). The Kier molecular flexibility index (Phi) is 7.26. The zero-order valence-corrected chi connectivity index (χ0v) is 19.5. The second kappa shape index (κ2) is 9.73. The molecule has 0 spiro atoms. The van der Waals surface area contributed by atoms with Crippen LogP contribution < -0.4 is 15.4 Å². The molecule has 9 nitrogen and oxygen atoms in total. The molecule has 0 saturated carbocycles. The van der Waals surface area contributed by atoms with E-state index in [0.717, 1.165) is 11.3 Å². The number of amides is 2. The number of carbonyl (C=O) groups excluding carboxylic acids is 2. The summed E-state index contributed by atoms with van der Waals surface area (Å²) in [6.45, 7) is 5.20. The van der Waals surface area contributed by atoms with Crippen molar-refractivity contribution in [3.05, 3.63) is 40.8 Å². The Hall–Kier alpha value is -2.54. The van der Waals surface area contributed by atoms with Gasteiger partial charge in [-0.05, 0) is 29.5 Å². The Morgan fingerprint density at radius 1 is 1.19 bits per heavy atom. The summed E-state index contributed by atoms with van der Waals surface area (Å²) in [6.07, 6.45) is 0. The summed E-state index contributed by atoms with van der Waals surface area (Å²) in [7, 11) is -3.80. The molecular weight excluding hydrogens is 460 g/mol. The van der Waals surface area contributed by atoms with Crippen LogP contribution in [0.1, 0.15) is 26.5 Å².